The molecule has 0 aliphatic carbocycles. The molecule has 30 heavy (non-hydrogen) atoms. The Balaban J connectivity index is 1.51. The molecule has 0 spiro atoms. The summed E-state index contributed by atoms with van der Waals surface area (Å²) in [6.45, 7) is 4.02. The minimum atomic E-state index is -0.248. The highest BCUT2D eigenvalue weighted by Gasteiger charge is 2.14. The number of nitrogens with one attached hydrogen (secondary N) is 2. The lowest BCUT2D eigenvalue weighted by Crippen LogP contribution is -2.17. The zero-order valence-corrected chi connectivity index (χ0v) is 16.7. The Kier molecular flexibility index (Phi) is 5.26. The fraction of sp³-hybridized carbons (Fsp3) is 0.130. The van der Waals surface area contributed by atoms with Crippen LogP contribution in [0, 0.1) is 13.8 Å². The Morgan fingerprint density at radius 2 is 1.67 bits per heavy atom. The van der Waals surface area contributed by atoms with Gasteiger partial charge in [-0.2, -0.15) is 0 Å². The molecular weight excluding hydrogens is 378 g/mol. The molecule has 0 aliphatic heterocycles. The van der Waals surface area contributed by atoms with E-state index in [2.05, 4.69) is 20.8 Å². The van der Waals surface area contributed by atoms with Crippen molar-refractivity contribution >= 4 is 28.8 Å². The molecule has 4 aromatic rings. The molecule has 0 unspecified atom stereocenters. The summed E-state index contributed by atoms with van der Waals surface area (Å²) in [5, 5.41) is 13.9. The summed E-state index contributed by atoms with van der Waals surface area (Å²) in [6.07, 6.45) is 1.68. The van der Waals surface area contributed by atoms with Gasteiger partial charge in [-0.3, -0.25) is 14.0 Å². The number of pyridine rings is 1. The molecule has 2 aromatic heterocycles. The van der Waals surface area contributed by atoms with E-state index in [1.54, 1.807) is 22.7 Å². The third-order valence-corrected chi connectivity index (χ3v) is 4.88. The average molecular weight is 399 g/mol. The van der Waals surface area contributed by atoms with Gasteiger partial charge in [-0.05, 0) is 61.4 Å². The van der Waals surface area contributed by atoms with Crippen molar-refractivity contribution in [1.29, 1.82) is 0 Å². The highest BCUT2D eigenvalue weighted by molar-refractivity contribution is 6.04. The van der Waals surface area contributed by atoms with Gasteiger partial charge in [0.2, 0.25) is 5.91 Å². The molecule has 0 saturated carbocycles. The molecule has 0 aliphatic rings. The SMILES string of the molecule is Cc1ccc(NC(=O)Cc2nnc3ccc(C(=O)Nc4ccccc4)cn23)cc1C. The number of rotatable bonds is 5. The van der Waals surface area contributed by atoms with Crippen molar-refractivity contribution in [1.82, 2.24) is 14.6 Å². The van der Waals surface area contributed by atoms with E-state index in [-0.39, 0.29) is 18.2 Å². The number of carbonyl (C=O) groups is 2. The van der Waals surface area contributed by atoms with Crippen LogP contribution < -0.4 is 10.6 Å². The first-order valence-electron chi connectivity index (χ1n) is 9.57. The zero-order valence-electron chi connectivity index (χ0n) is 16.7. The van der Waals surface area contributed by atoms with Gasteiger partial charge < -0.3 is 10.6 Å². The quantitative estimate of drug-likeness (QED) is 0.535. The summed E-state index contributed by atoms with van der Waals surface area (Å²) in [5.41, 5.74) is 4.73. The molecule has 2 amide bonds. The smallest absolute Gasteiger partial charge is 0.257 e. The van der Waals surface area contributed by atoms with Crippen molar-refractivity contribution in [3.8, 4) is 0 Å². The summed E-state index contributed by atoms with van der Waals surface area (Å²) < 4.78 is 1.67. The van der Waals surface area contributed by atoms with Crippen LogP contribution in [0.25, 0.3) is 5.65 Å². The molecule has 0 saturated heterocycles. The third kappa shape index (κ3) is 4.20. The maximum absolute atomic E-state index is 12.6. The monoisotopic (exact) mass is 399 g/mol. The molecule has 0 fully saturated rings. The van der Waals surface area contributed by atoms with Gasteiger partial charge in [-0.1, -0.05) is 24.3 Å². The lowest BCUT2D eigenvalue weighted by atomic mass is 10.1. The zero-order chi connectivity index (χ0) is 21.1. The van der Waals surface area contributed by atoms with Gasteiger partial charge in [0, 0.05) is 17.6 Å². The lowest BCUT2D eigenvalue weighted by Gasteiger charge is -2.08. The summed E-state index contributed by atoms with van der Waals surface area (Å²) in [4.78, 5) is 25.1. The van der Waals surface area contributed by atoms with Gasteiger partial charge in [0.25, 0.3) is 5.91 Å². The number of hydrogen-bond acceptors (Lipinski definition) is 4. The van der Waals surface area contributed by atoms with Crippen molar-refractivity contribution in [2.24, 2.45) is 0 Å². The van der Waals surface area contributed by atoms with Gasteiger partial charge in [0.1, 0.15) is 5.82 Å². The molecule has 7 nitrogen and oxygen atoms in total. The van der Waals surface area contributed by atoms with E-state index < -0.39 is 0 Å². The number of benzene rings is 2. The number of hydrogen-bond donors (Lipinski definition) is 2. The van der Waals surface area contributed by atoms with Gasteiger partial charge >= 0.3 is 0 Å². The van der Waals surface area contributed by atoms with Crippen molar-refractivity contribution < 1.29 is 9.59 Å². The third-order valence-electron chi connectivity index (χ3n) is 4.88. The van der Waals surface area contributed by atoms with E-state index in [1.165, 1.54) is 0 Å². The average Bonchev–Trinajstić information content (AvgIpc) is 3.13. The van der Waals surface area contributed by atoms with E-state index in [1.807, 2.05) is 62.4 Å². The van der Waals surface area contributed by atoms with E-state index >= 15 is 0 Å². The van der Waals surface area contributed by atoms with Crippen LogP contribution in [0.2, 0.25) is 0 Å². The Bertz CT molecular complexity index is 1230. The van der Waals surface area contributed by atoms with Gasteiger partial charge in [0.15, 0.2) is 5.65 Å². The Morgan fingerprint density at radius 1 is 0.867 bits per heavy atom. The minimum Gasteiger partial charge on any atom is -0.326 e. The normalized spacial score (nSPS) is 10.7. The van der Waals surface area contributed by atoms with Crippen LogP contribution in [0.3, 0.4) is 0 Å². The van der Waals surface area contributed by atoms with Crippen molar-refractivity contribution in [2.45, 2.75) is 20.3 Å². The first-order chi connectivity index (χ1) is 14.5. The van der Waals surface area contributed by atoms with Crippen LogP contribution in [0.1, 0.15) is 27.3 Å². The Hall–Kier alpha value is -4.00. The fourth-order valence-electron chi connectivity index (χ4n) is 3.09. The summed E-state index contributed by atoms with van der Waals surface area (Å²) in [7, 11) is 0. The standard InChI is InChI=1S/C23H21N5O2/c1-15-8-10-19(12-16(15)2)24-22(29)13-21-27-26-20-11-9-17(14-28(20)21)23(30)25-18-6-4-3-5-7-18/h3-12,14H,13H2,1-2H3,(H,24,29)(H,25,30). The predicted molar refractivity (Wildman–Crippen MR) is 116 cm³/mol. The summed E-state index contributed by atoms with van der Waals surface area (Å²) in [5.74, 6) is 0.00900. The van der Waals surface area contributed by atoms with Crippen LogP contribution >= 0.6 is 0 Å². The number of aromatic nitrogens is 3. The molecule has 7 heteroatoms. The number of carbonyl (C=O) groups excluding carboxylic acids is 2. The van der Waals surface area contributed by atoms with Crippen molar-refractivity contribution in [3.63, 3.8) is 0 Å². The minimum absolute atomic E-state index is 0.0395. The second kappa shape index (κ2) is 8.16. The highest BCUT2D eigenvalue weighted by atomic mass is 16.2. The largest absolute Gasteiger partial charge is 0.326 e. The maximum Gasteiger partial charge on any atom is 0.257 e. The molecule has 2 aromatic carbocycles. The number of para-hydroxylation sites is 1. The number of anilines is 2. The van der Waals surface area contributed by atoms with Crippen molar-refractivity contribution in [2.75, 3.05) is 10.6 Å². The van der Waals surface area contributed by atoms with E-state index in [0.717, 1.165) is 16.8 Å². The van der Waals surface area contributed by atoms with Crippen LogP contribution in [-0.4, -0.2) is 26.4 Å². The number of amides is 2. The molecule has 4 rings (SSSR count). The lowest BCUT2D eigenvalue weighted by molar-refractivity contribution is -0.115. The second-order valence-electron chi connectivity index (χ2n) is 7.11. The van der Waals surface area contributed by atoms with Gasteiger partial charge in [-0.25, -0.2) is 0 Å². The molecule has 0 radical (unpaired) electrons. The molecule has 150 valence electrons. The molecular formula is C23H21N5O2. The predicted octanol–water partition coefficient (Wildman–Crippen LogP) is 3.78. The van der Waals surface area contributed by atoms with Crippen LogP contribution in [0.5, 0.6) is 0 Å². The molecule has 2 N–H and O–H groups in total. The number of aryl methyl sites for hydroxylation is 2. The van der Waals surface area contributed by atoms with Crippen LogP contribution in [0.4, 0.5) is 11.4 Å². The fourth-order valence-corrected chi connectivity index (χ4v) is 3.09. The molecule has 2 heterocycles. The first-order valence-corrected chi connectivity index (χ1v) is 9.57. The van der Waals surface area contributed by atoms with Crippen molar-refractivity contribution in [3.05, 3.63) is 89.4 Å². The van der Waals surface area contributed by atoms with Crippen LogP contribution in [0.15, 0.2) is 66.9 Å². The van der Waals surface area contributed by atoms with Crippen LogP contribution in [-0.2, 0) is 11.2 Å². The summed E-state index contributed by atoms with van der Waals surface area (Å²) >= 11 is 0. The Labute approximate surface area is 173 Å². The second-order valence-corrected chi connectivity index (χ2v) is 7.11. The molecule has 0 bridgehead atoms. The topological polar surface area (TPSA) is 88.4 Å². The Morgan fingerprint density at radius 3 is 2.43 bits per heavy atom. The van der Waals surface area contributed by atoms with Gasteiger partial charge in [-0.15, -0.1) is 10.2 Å². The maximum atomic E-state index is 12.6. The number of fused-ring (bicyclic) bond motifs is 1. The first kappa shape index (κ1) is 19.3. The molecule has 0 atom stereocenters. The van der Waals surface area contributed by atoms with Gasteiger partial charge in [0.05, 0.1) is 12.0 Å². The van der Waals surface area contributed by atoms with E-state index in [0.29, 0.717) is 22.7 Å². The highest BCUT2D eigenvalue weighted by Crippen LogP contribution is 2.15. The number of nitrogens with zero attached hydrogens (tertiary/aromatic N) is 3. The summed E-state index contributed by atoms with van der Waals surface area (Å²) in [6, 6.07) is 18.4. The van der Waals surface area contributed by atoms with E-state index in [4.69, 9.17) is 0 Å². The van der Waals surface area contributed by atoms with E-state index in [9.17, 15) is 9.59 Å².